The molecule has 0 bridgehead atoms. The van der Waals surface area contributed by atoms with E-state index in [1.54, 1.807) is 29.1 Å². The number of nitrogens with zero attached hydrogens (tertiary/aromatic N) is 6. The van der Waals surface area contributed by atoms with Crippen molar-refractivity contribution in [2.75, 3.05) is 44.8 Å². The van der Waals surface area contributed by atoms with Crippen molar-refractivity contribution >= 4 is 17.3 Å². The van der Waals surface area contributed by atoms with Gasteiger partial charge in [-0.05, 0) is 42.3 Å². The third-order valence-electron chi connectivity index (χ3n) is 6.38. The lowest BCUT2D eigenvalue weighted by atomic mass is 10.1. The summed E-state index contributed by atoms with van der Waals surface area (Å²) < 4.78 is 7.07. The molecule has 0 amide bonds. The van der Waals surface area contributed by atoms with Crippen LogP contribution in [0.25, 0.3) is 22.5 Å². The van der Waals surface area contributed by atoms with Gasteiger partial charge in [0.05, 0.1) is 37.0 Å². The van der Waals surface area contributed by atoms with E-state index in [0.717, 1.165) is 50.5 Å². The van der Waals surface area contributed by atoms with Crippen LogP contribution in [-0.2, 0) is 17.7 Å². The highest BCUT2D eigenvalue weighted by atomic mass is 16.6. The van der Waals surface area contributed by atoms with E-state index in [4.69, 9.17) is 9.72 Å². The molecule has 2 N–H and O–H groups in total. The number of benzene rings is 2. The lowest BCUT2D eigenvalue weighted by Crippen LogP contribution is -2.37. The zero-order valence-electron chi connectivity index (χ0n) is 20.9. The van der Waals surface area contributed by atoms with Gasteiger partial charge in [0.15, 0.2) is 0 Å². The van der Waals surface area contributed by atoms with Crippen molar-refractivity contribution in [3.8, 4) is 22.5 Å². The molecule has 2 aromatic heterocycles. The third kappa shape index (κ3) is 6.20. The zero-order chi connectivity index (χ0) is 26.3. The van der Waals surface area contributed by atoms with E-state index in [1.165, 1.54) is 17.7 Å². The molecule has 1 saturated heterocycles. The van der Waals surface area contributed by atoms with E-state index in [0.29, 0.717) is 29.4 Å². The molecular weight excluding hydrogens is 486 g/mol. The fraction of sp³-hybridized carbons (Fsp3) is 0.296. The Morgan fingerprint density at radius 1 is 1.08 bits per heavy atom. The topological polar surface area (TPSA) is 131 Å². The maximum Gasteiger partial charge on any atom is 0.269 e. The second kappa shape index (κ2) is 11.9. The Hall–Kier alpha value is -4.19. The van der Waals surface area contributed by atoms with Gasteiger partial charge in [-0.15, -0.1) is 0 Å². The molecule has 38 heavy (non-hydrogen) atoms. The summed E-state index contributed by atoms with van der Waals surface area (Å²) in [5, 5.41) is 28.4. The molecule has 0 aliphatic carbocycles. The molecule has 5 rings (SSSR count). The molecular formula is C27H29N7O4. The Morgan fingerprint density at radius 3 is 2.66 bits per heavy atom. The number of nitro benzene ring substituents is 1. The summed E-state index contributed by atoms with van der Waals surface area (Å²) in [4.78, 5) is 22.2. The standard InChI is InChI=1S/C27H29N7O4/c35-15-12-33-19-24(26(31-33)21-4-6-23(7-5-21)34(36)37)25-8-10-28-27(30-25)29-22-3-1-2-20(18-22)9-11-32-13-16-38-17-14-32/h1-8,10,18-19,35H,9,11-17H2,(H,28,29,30). The molecule has 4 aromatic rings. The van der Waals surface area contributed by atoms with Gasteiger partial charge in [0.1, 0.15) is 5.69 Å². The average Bonchev–Trinajstić information content (AvgIpc) is 3.37. The largest absolute Gasteiger partial charge is 0.394 e. The number of aromatic nitrogens is 4. The van der Waals surface area contributed by atoms with Gasteiger partial charge in [-0.25, -0.2) is 9.97 Å². The van der Waals surface area contributed by atoms with Gasteiger partial charge < -0.3 is 15.2 Å². The maximum atomic E-state index is 11.1. The van der Waals surface area contributed by atoms with Crippen molar-refractivity contribution in [3.05, 3.63) is 82.7 Å². The molecule has 0 unspecified atom stereocenters. The summed E-state index contributed by atoms with van der Waals surface area (Å²) in [5.74, 6) is 0.442. The number of ether oxygens (including phenoxy) is 1. The first-order valence-electron chi connectivity index (χ1n) is 12.5. The van der Waals surface area contributed by atoms with Crippen LogP contribution in [0.1, 0.15) is 5.56 Å². The molecule has 196 valence electrons. The summed E-state index contributed by atoms with van der Waals surface area (Å²) >= 11 is 0. The number of nitro groups is 1. The molecule has 1 fully saturated rings. The van der Waals surface area contributed by atoms with E-state index < -0.39 is 4.92 Å². The van der Waals surface area contributed by atoms with E-state index >= 15 is 0 Å². The predicted molar refractivity (Wildman–Crippen MR) is 143 cm³/mol. The van der Waals surface area contributed by atoms with Crippen LogP contribution in [0.3, 0.4) is 0 Å². The summed E-state index contributed by atoms with van der Waals surface area (Å²) in [6, 6.07) is 16.2. The Balaban J connectivity index is 1.36. The molecule has 11 nitrogen and oxygen atoms in total. The third-order valence-corrected chi connectivity index (χ3v) is 6.38. The second-order valence-electron chi connectivity index (χ2n) is 8.98. The van der Waals surface area contributed by atoms with E-state index in [9.17, 15) is 15.2 Å². The molecule has 1 aliphatic rings. The number of aliphatic hydroxyl groups excluding tert-OH is 1. The Bertz CT molecular complexity index is 1380. The molecule has 11 heteroatoms. The van der Waals surface area contributed by atoms with Gasteiger partial charge in [0.2, 0.25) is 5.95 Å². The second-order valence-corrected chi connectivity index (χ2v) is 8.98. The fourth-order valence-corrected chi connectivity index (χ4v) is 4.39. The van der Waals surface area contributed by atoms with Crippen molar-refractivity contribution in [3.63, 3.8) is 0 Å². The molecule has 0 spiro atoms. The average molecular weight is 516 g/mol. The van der Waals surface area contributed by atoms with E-state index in [1.807, 2.05) is 18.3 Å². The number of nitrogens with one attached hydrogen (secondary N) is 1. The minimum absolute atomic E-state index is 0.00536. The molecule has 2 aromatic carbocycles. The van der Waals surface area contributed by atoms with Crippen LogP contribution in [0.4, 0.5) is 17.3 Å². The highest BCUT2D eigenvalue weighted by Crippen LogP contribution is 2.31. The Kier molecular flexibility index (Phi) is 7.98. The molecule has 1 aliphatic heterocycles. The number of aliphatic hydroxyl groups is 1. The normalized spacial score (nSPS) is 13.9. The van der Waals surface area contributed by atoms with Gasteiger partial charge in [-0.3, -0.25) is 19.7 Å². The lowest BCUT2D eigenvalue weighted by molar-refractivity contribution is -0.384. The highest BCUT2D eigenvalue weighted by Gasteiger charge is 2.17. The Labute approximate surface area is 219 Å². The molecule has 3 heterocycles. The highest BCUT2D eigenvalue weighted by molar-refractivity contribution is 5.79. The number of hydrogen-bond acceptors (Lipinski definition) is 9. The van der Waals surface area contributed by atoms with E-state index in [-0.39, 0.29) is 12.3 Å². The number of hydrogen-bond donors (Lipinski definition) is 2. The van der Waals surface area contributed by atoms with Crippen LogP contribution in [0.5, 0.6) is 0 Å². The van der Waals surface area contributed by atoms with Crippen molar-refractivity contribution in [2.24, 2.45) is 0 Å². The van der Waals surface area contributed by atoms with Gasteiger partial charge in [0.25, 0.3) is 5.69 Å². The van der Waals surface area contributed by atoms with Gasteiger partial charge in [-0.2, -0.15) is 5.10 Å². The fourth-order valence-electron chi connectivity index (χ4n) is 4.39. The first-order valence-corrected chi connectivity index (χ1v) is 12.5. The van der Waals surface area contributed by atoms with Crippen LogP contribution in [0.15, 0.2) is 67.0 Å². The first kappa shape index (κ1) is 25.5. The first-order chi connectivity index (χ1) is 18.6. The summed E-state index contributed by atoms with van der Waals surface area (Å²) in [6.07, 6.45) is 4.43. The van der Waals surface area contributed by atoms with Crippen LogP contribution < -0.4 is 5.32 Å². The lowest BCUT2D eigenvalue weighted by Gasteiger charge is -2.26. The number of morpholine rings is 1. The number of anilines is 2. The van der Waals surface area contributed by atoms with Gasteiger partial charge in [0, 0.05) is 61.0 Å². The summed E-state index contributed by atoms with van der Waals surface area (Å²) in [6.45, 7) is 4.75. The SMILES string of the molecule is O=[N+]([O-])c1ccc(-c2nn(CCO)cc2-c2ccnc(Nc3cccc(CCN4CCOCC4)c3)n2)cc1. The maximum absolute atomic E-state index is 11.1. The summed E-state index contributed by atoms with van der Waals surface area (Å²) in [7, 11) is 0. The van der Waals surface area contributed by atoms with Crippen LogP contribution >= 0.6 is 0 Å². The van der Waals surface area contributed by atoms with Crippen molar-refractivity contribution in [1.29, 1.82) is 0 Å². The van der Waals surface area contributed by atoms with Crippen LogP contribution in [-0.4, -0.2) is 74.1 Å². The van der Waals surface area contributed by atoms with Gasteiger partial charge >= 0.3 is 0 Å². The van der Waals surface area contributed by atoms with E-state index in [2.05, 4.69) is 32.4 Å². The van der Waals surface area contributed by atoms with Crippen molar-refractivity contribution < 1.29 is 14.8 Å². The number of rotatable bonds is 10. The van der Waals surface area contributed by atoms with Crippen LogP contribution in [0, 0.1) is 10.1 Å². The molecule has 0 saturated carbocycles. The monoisotopic (exact) mass is 515 g/mol. The number of non-ortho nitro benzene ring substituents is 1. The minimum Gasteiger partial charge on any atom is -0.394 e. The van der Waals surface area contributed by atoms with Crippen molar-refractivity contribution in [2.45, 2.75) is 13.0 Å². The summed E-state index contributed by atoms with van der Waals surface area (Å²) in [5.41, 5.74) is 4.83. The Morgan fingerprint density at radius 2 is 1.89 bits per heavy atom. The predicted octanol–water partition coefficient (Wildman–Crippen LogP) is 3.53. The molecule has 0 atom stereocenters. The van der Waals surface area contributed by atoms with Crippen LogP contribution in [0.2, 0.25) is 0 Å². The van der Waals surface area contributed by atoms with Crippen molar-refractivity contribution in [1.82, 2.24) is 24.6 Å². The minimum atomic E-state index is -0.435. The smallest absolute Gasteiger partial charge is 0.269 e. The quantitative estimate of drug-likeness (QED) is 0.240. The van der Waals surface area contributed by atoms with Gasteiger partial charge in [-0.1, -0.05) is 12.1 Å². The molecule has 0 radical (unpaired) electrons. The zero-order valence-corrected chi connectivity index (χ0v) is 20.9.